The molecule has 0 spiro atoms. The number of hydrogen-bond acceptors (Lipinski definition) is 4. The van der Waals surface area contributed by atoms with E-state index < -0.39 is 0 Å². The fraction of sp³-hybridized carbons (Fsp3) is 0.130. The predicted molar refractivity (Wildman–Crippen MR) is 116 cm³/mol. The number of carbonyl (C=O) groups is 2. The molecule has 0 atom stereocenters. The number of anilines is 3. The van der Waals surface area contributed by atoms with Crippen LogP contribution in [0.4, 0.5) is 17.1 Å². The first kappa shape index (κ1) is 19.9. The molecule has 2 N–H and O–H groups in total. The quantitative estimate of drug-likeness (QED) is 0.640. The van der Waals surface area contributed by atoms with Crippen molar-refractivity contribution in [3.8, 4) is 5.75 Å². The number of carbonyl (C=O) groups excluding carboxylic acids is 2. The Bertz CT molecular complexity index is 989. The van der Waals surface area contributed by atoms with Gasteiger partial charge in [-0.2, -0.15) is 0 Å². The number of ether oxygens (including phenoxy) is 1. The van der Waals surface area contributed by atoms with Gasteiger partial charge in [-0.05, 0) is 42.5 Å². The monoisotopic (exact) mass is 389 g/mol. The average Bonchev–Trinajstić information content (AvgIpc) is 2.77. The molecule has 3 aromatic rings. The maximum absolute atomic E-state index is 12.7. The first-order valence-electron chi connectivity index (χ1n) is 9.18. The van der Waals surface area contributed by atoms with Crippen molar-refractivity contribution in [2.75, 3.05) is 36.2 Å². The molecule has 0 saturated carbocycles. The first-order valence-corrected chi connectivity index (χ1v) is 9.18. The van der Waals surface area contributed by atoms with Crippen LogP contribution in [0.2, 0.25) is 0 Å². The minimum Gasteiger partial charge on any atom is -0.497 e. The molecular formula is C23H23N3O3. The van der Waals surface area contributed by atoms with E-state index in [1.807, 2.05) is 54.6 Å². The SMILES string of the molecule is COc1cccc(NCC(=O)Nc2cccc(C(=O)N(C)c3ccccc3)c2)c1. The van der Waals surface area contributed by atoms with Gasteiger partial charge >= 0.3 is 0 Å². The minimum atomic E-state index is -0.214. The van der Waals surface area contributed by atoms with Crippen LogP contribution in [0.25, 0.3) is 0 Å². The van der Waals surface area contributed by atoms with Crippen LogP contribution in [0.3, 0.4) is 0 Å². The molecule has 3 aromatic carbocycles. The molecule has 6 nitrogen and oxygen atoms in total. The average molecular weight is 389 g/mol. The Balaban J connectivity index is 1.61. The third-order valence-electron chi connectivity index (χ3n) is 4.36. The maximum Gasteiger partial charge on any atom is 0.258 e. The molecule has 0 saturated heterocycles. The van der Waals surface area contributed by atoms with E-state index in [0.29, 0.717) is 17.0 Å². The molecule has 3 rings (SSSR count). The summed E-state index contributed by atoms with van der Waals surface area (Å²) in [5.41, 5.74) is 2.65. The Kier molecular flexibility index (Phi) is 6.47. The van der Waals surface area contributed by atoms with Crippen LogP contribution >= 0.6 is 0 Å². The van der Waals surface area contributed by atoms with Crippen molar-refractivity contribution in [2.24, 2.45) is 0 Å². The Morgan fingerprint density at radius 3 is 2.38 bits per heavy atom. The fourth-order valence-electron chi connectivity index (χ4n) is 2.81. The highest BCUT2D eigenvalue weighted by atomic mass is 16.5. The van der Waals surface area contributed by atoms with E-state index in [-0.39, 0.29) is 18.4 Å². The topological polar surface area (TPSA) is 70.7 Å². The highest BCUT2D eigenvalue weighted by Crippen LogP contribution is 2.18. The second-order valence-electron chi connectivity index (χ2n) is 6.41. The summed E-state index contributed by atoms with van der Waals surface area (Å²) in [4.78, 5) is 26.6. The van der Waals surface area contributed by atoms with Crippen molar-refractivity contribution >= 4 is 28.9 Å². The molecule has 2 amide bonds. The predicted octanol–water partition coefficient (Wildman–Crippen LogP) is 4.02. The Hall–Kier alpha value is -3.80. The van der Waals surface area contributed by atoms with E-state index in [9.17, 15) is 9.59 Å². The second-order valence-corrected chi connectivity index (χ2v) is 6.41. The number of para-hydroxylation sites is 1. The number of benzene rings is 3. The summed E-state index contributed by atoms with van der Waals surface area (Å²) in [7, 11) is 3.32. The van der Waals surface area contributed by atoms with Crippen molar-refractivity contribution in [3.63, 3.8) is 0 Å². The van der Waals surface area contributed by atoms with E-state index in [1.165, 1.54) is 0 Å². The van der Waals surface area contributed by atoms with Crippen LogP contribution in [0.1, 0.15) is 10.4 Å². The zero-order valence-corrected chi connectivity index (χ0v) is 16.4. The van der Waals surface area contributed by atoms with Gasteiger partial charge in [0.1, 0.15) is 5.75 Å². The van der Waals surface area contributed by atoms with E-state index in [2.05, 4.69) is 10.6 Å². The molecule has 0 aliphatic heterocycles. The molecule has 0 aromatic heterocycles. The van der Waals surface area contributed by atoms with Gasteiger partial charge in [0, 0.05) is 35.7 Å². The summed E-state index contributed by atoms with van der Waals surface area (Å²) in [6, 6.07) is 23.6. The molecular weight excluding hydrogens is 366 g/mol. The van der Waals surface area contributed by atoms with E-state index in [1.54, 1.807) is 43.3 Å². The lowest BCUT2D eigenvalue weighted by atomic mass is 10.1. The third kappa shape index (κ3) is 5.35. The van der Waals surface area contributed by atoms with Crippen LogP contribution in [0.5, 0.6) is 5.75 Å². The molecule has 0 fully saturated rings. The Labute approximate surface area is 170 Å². The van der Waals surface area contributed by atoms with Crippen LogP contribution in [0, 0.1) is 0 Å². The summed E-state index contributed by atoms with van der Waals surface area (Å²) in [6.45, 7) is 0.0925. The van der Waals surface area contributed by atoms with Gasteiger partial charge in [0.2, 0.25) is 5.91 Å². The lowest BCUT2D eigenvalue weighted by Crippen LogP contribution is -2.26. The van der Waals surface area contributed by atoms with Gasteiger partial charge in [-0.15, -0.1) is 0 Å². The van der Waals surface area contributed by atoms with Gasteiger partial charge in [0.25, 0.3) is 5.91 Å². The number of amides is 2. The molecule has 0 unspecified atom stereocenters. The zero-order valence-electron chi connectivity index (χ0n) is 16.4. The van der Waals surface area contributed by atoms with E-state index in [0.717, 1.165) is 11.4 Å². The molecule has 0 heterocycles. The van der Waals surface area contributed by atoms with Crippen LogP contribution in [-0.2, 0) is 4.79 Å². The van der Waals surface area contributed by atoms with E-state index >= 15 is 0 Å². The molecule has 0 aliphatic rings. The van der Waals surface area contributed by atoms with Crippen molar-refractivity contribution < 1.29 is 14.3 Å². The second kappa shape index (κ2) is 9.41. The Morgan fingerprint density at radius 1 is 0.897 bits per heavy atom. The van der Waals surface area contributed by atoms with Crippen molar-refractivity contribution in [1.29, 1.82) is 0 Å². The summed E-state index contributed by atoms with van der Waals surface area (Å²) in [6.07, 6.45) is 0. The van der Waals surface area contributed by atoms with Crippen molar-refractivity contribution in [1.82, 2.24) is 0 Å². The highest BCUT2D eigenvalue weighted by molar-refractivity contribution is 6.06. The number of nitrogens with one attached hydrogen (secondary N) is 2. The van der Waals surface area contributed by atoms with Gasteiger partial charge in [-0.1, -0.05) is 30.3 Å². The fourth-order valence-corrected chi connectivity index (χ4v) is 2.81. The minimum absolute atomic E-state index is 0.0925. The van der Waals surface area contributed by atoms with E-state index in [4.69, 9.17) is 4.74 Å². The summed E-state index contributed by atoms with van der Waals surface area (Å²) in [5.74, 6) is 0.347. The summed E-state index contributed by atoms with van der Waals surface area (Å²) in [5, 5.41) is 5.86. The standard InChI is InChI=1S/C23H23N3O3/c1-26(20-11-4-3-5-12-20)23(28)17-8-6-10-19(14-17)25-22(27)16-24-18-9-7-13-21(15-18)29-2/h3-15,24H,16H2,1-2H3,(H,25,27). The largest absolute Gasteiger partial charge is 0.497 e. The van der Waals surface area contributed by atoms with Crippen LogP contribution in [0.15, 0.2) is 78.9 Å². The normalized spacial score (nSPS) is 10.1. The summed E-state index contributed by atoms with van der Waals surface area (Å²) < 4.78 is 5.17. The van der Waals surface area contributed by atoms with Gasteiger partial charge in [-0.25, -0.2) is 0 Å². The molecule has 29 heavy (non-hydrogen) atoms. The molecule has 6 heteroatoms. The van der Waals surface area contributed by atoms with Crippen LogP contribution in [-0.4, -0.2) is 32.5 Å². The number of rotatable bonds is 7. The van der Waals surface area contributed by atoms with Crippen molar-refractivity contribution in [2.45, 2.75) is 0 Å². The molecule has 0 bridgehead atoms. The smallest absolute Gasteiger partial charge is 0.258 e. The maximum atomic E-state index is 12.7. The third-order valence-corrected chi connectivity index (χ3v) is 4.36. The Morgan fingerprint density at radius 2 is 1.62 bits per heavy atom. The number of nitrogens with zero attached hydrogens (tertiary/aromatic N) is 1. The highest BCUT2D eigenvalue weighted by Gasteiger charge is 2.14. The molecule has 0 radical (unpaired) electrons. The lowest BCUT2D eigenvalue weighted by molar-refractivity contribution is -0.114. The van der Waals surface area contributed by atoms with Gasteiger partial charge in [0.05, 0.1) is 13.7 Å². The van der Waals surface area contributed by atoms with Gasteiger partial charge < -0.3 is 20.3 Å². The molecule has 0 aliphatic carbocycles. The zero-order chi connectivity index (χ0) is 20.6. The first-order chi connectivity index (χ1) is 14.1. The van der Waals surface area contributed by atoms with Crippen molar-refractivity contribution in [3.05, 3.63) is 84.4 Å². The lowest BCUT2D eigenvalue weighted by Gasteiger charge is -2.17. The summed E-state index contributed by atoms with van der Waals surface area (Å²) >= 11 is 0. The van der Waals surface area contributed by atoms with Gasteiger partial charge in [-0.3, -0.25) is 9.59 Å². The van der Waals surface area contributed by atoms with Crippen LogP contribution < -0.4 is 20.3 Å². The van der Waals surface area contributed by atoms with Gasteiger partial charge in [0.15, 0.2) is 0 Å². The molecule has 148 valence electrons. The number of hydrogen-bond donors (Lipinski definition) is 2. The number of methoxy groups -OCH3 is 1.